The van der Waals surface area contributed by atoms with Crippen molar-refractivity contribution in [1.29, 1.82) is 0 Å². The summed E-state index contributed by atoms with van der Waals surface area (Å²) in [4.78, 5) is 2.32. The van der Waals surface area contributed by atoms with E-state index in [1.165, 1.54) is 0 Å². The summed E-state index contributed by atoms with van der Waals surface area (Å²) in [5.74, 6) is 0.877. The Kier molecular flexibility index (Phi) is 5.95. The predicted molar refractivity (Wildman–Crippen MR) is 76.9 cm³/mol. The van der Waals surface area contributed by atoms with E-state index in [9.17, 15) is 0 Å². The summed E-state index contributed by atoms with van der Waals surface area (Å²) in [7, 11) is 3.82. The predicted octanol–water partition coefficient (Wildman–Crippen LogP) is 1.70. The van der Waals surface area contributed by atoms with Crippen LogP contribution in [-0.2, 0) is 0 Å². The minimum absolute atomic E-state index is 0. The maximum absolute atomic E-state index is 5.12. The lowest BCUT2D eigenvalue weighted by Crippen LogP contribution is -2.41. The number of piperazine rings is 1. The molecule has 4 nitrogen and oxygen atoms in total. The molecule has 18 heavy (non-hydrogen) atoms. The Bertz CT molecular complexity index is 372. The Morgan fingerprint density at radius 3 is 2.28 bits per heavy atom. The molecule has 2 rings (SSSR count). The standard InChI is InChI=1S/C13H19N3O.ClH/c1-15-7-9-16(10-8-15)14-11-12-3-5-13(17-2)6-4-12;/h3-6,11H,7-10H2,1-2H3;1H/b14-11+;. The third-order valence-corrected chi connectivity index (χ3v) is 2.97. The Morgan fingerprint density at radius 2 is 1.72 bits per heavy atom. The number of hydrazone groups is 1. The first-order valence-electron chi connectivity index (χ1n) is 5.89. The number of benzene rings is 1. The van der Waals surface area contributed by atoms with Crippen LogP contribution in [0.2, 0.25) is 0 Å². The molecule has 0 unspecified atom stereocenters. The van der Waals surface area contributed by atoms with Crippen molar-refractivity contribution in [3.63, 3.8) is 0 Å². The maximum Gasteiger partial charge on any atom is 0.118 e. The van der Waals surface area contributed by atoms with Crippen molar-refractivity contribution in [1.82, 2.24) is 9.91 Å². The number of methoxy groups -OCH3 is 1. The Hall–Kier alpha value is -1.26. The zero-order chi connectivity index (χ0) is 12.1. The van der Waals surface area contributed by atoms with Gasteiger partial charge < -0.3 is 9.64 Å². The molecule has 0 radical (unpaired) electrons. The molecule has 0 saturated carbocycles. The molecule has 1 aliphatic rings. The van der Waals surface area contributed by atoms with Crippen LogP contribution in [0.4, 0.5) is 0 Å². The molecule has 0 aliphatic carbocycles. The van der Waals surface area contributed by atoms with E-state index in [0.29, 0.717) is 0 Å². The van der Waals surface area contributed by atoms with E-state index in [2.05, 4.69) is 22.1 Å². The van der Waals surface area contributed by atoms with E-state index in [1.54, 1.807) is 7.11 Å². The molecule has 0 atom stereocenters. The third-order valence-electron chi connectivity index (χ3n) is 2.97. The number of hydrogen-bond donors (Lipinski definition) is 0. The molecule has 0 spiro atoms. The van der Waals surface area contributed by atoms with Crippen LogP contribution in [0.25, 0.3) is 0 Å². The van der Waals surface area contributed by atoms with Gasteiger partial charge in [0.2, 0.25) is 0 Å². The van der Waals surface area contributed by atoms with Gasteiger partial charge in [-0.2, -0.15) is 5.10 Å². The number of nitrogens with zero attached hydrogens (tertiary/aromatic N) is 3. The maximum atomic E-state index is 5.12. The first-order chi connectivity index (χ1) is 8.28. The summed E-state index contributed by atoms with van der Waals surface area (Å²) in [6.45, 7) is 4.17. The largest absolute Gasteiger partial charge is 0.497 e. The molecular formula is C13H20ClN3O. The lowest BCUT2D eigenvalue weighted by Gasteiger charge is -2.30. The Labute approximate surface area is 115 Å². The smallest absolute Gasteiger partial charge is 0.118 e. The number of hydrogen-bond acceptors (Lipinski definition) is 4. The van der Waals surface area contributed by atoms with Crippen molar-refractivity contribution in [3.8, 4) is 5.75 Å². The highest BCUT2D eigenvalue weighted by Gasteiger charge is 2.10. The summed E-state index contributed by atoms with van der Waals surface area (Å²) < 4.78 is 5.12. The molecule has 1 heterocycles. The second kappa shape index (κ2) is 7.24. The van der Waals surface area contributed by atoms with Gasteiger partial charge in [0.15, 0.2) is 0 Å². The van der Waals surface area contributed by atoms with Crippen LogP contribution in [0.15, 0.2) is 29.4 Å². The van der Waals surface area contributed by atoms with E-state index < -0.39 is 0 Å². The van der Waals surface area contributed by atoms with Gasteiger partial charge in [0.1, 0.15) is 5.75 Å². The van der Waals surface area contributed by atoms with E-state index >= 15 is 0 Å². The number of ether oxygens (including phenoxy) is 1. The second-order valence-electron chi connectivity index (χ2n) is 4.27. The molecule has 0 aromatic heterocycles. The van der Waals surface area contributed by atoms with Gasteiger partial charge in [-0.3, -0.25) is 5.01 Å². The SMILES string of the molecule is COc1ccc(/C=N/N2CCN(C)CC2)cc1.Cl. The Morgan fingerprint density at radius 1 is 1.11 bits per heavy atom. The van der Waals surface area contributed by atoms with Gasteiger partial charge in [0.05, 0.1) is 13.3 Å². The average Bonchev–Trinajstić information content (AvgIpc) is 2.39. The van der Waals surface area contributed by atoms with Crippen molar-refractivity contribution in [2.24, 2.45) is 5.10 Å². The quantitative estimate of drug-likeness (QED) is 0.782. The van der Waals surface area contributed by atoms with Crippen LogP contribution in [0.1, 0.15) is 5.56 Å². The normalized spacial score (nSPS) is 16.7. The highest BCUT2D eigenvalue weighted by molar-refractivity contribution is 5.85. The topological polar surface area (TPSA) is 28.1 Å². The number of rotatable bonds is 3. The van der Waals surface area contributed by atoms with Crippen LogP contribution in [-0.4, -0.2) is 56.5 Å². The van der Waals surface area contributed by atoms with E-state index in [-0.39, 0.29) is 12.4 Å². The minimum atomic E-state index is 0. The first kappa shape index (κ1) is 14.8. The average molecular weight is 270 g/mol. The monoisotopic (exact) mass is 269 g/mol. The molecule has 100 valence electrons. The first-order valence-corrected chi connectivity index (χ1v) is 5.89. The molecule has 0 amide bonds. The highest BCUT2D eigenvalue weighted by Crippen LogP contribution is 2.10. The number of likely N-dealkylation sites (N-methyl/N-ethyl adjacent to an activating group) is 1. The fourth-order valence-corrected chi connectivity index (χ4v) is 1.75. The number of halogens is 1. The van der Waals surface area contributed by atoms with Gasteiger partial charge in [-0.25, -0.2) is 0 Å². The molecular weight excluding hydrogens is 250 g/mol. The van der Waals surface area contributed by atoms with Crippen LogP contribution < -0.4 is 4.74 Å². The lowest BCUT2D eigenvalue weighted by atomic mass is 10.2. The molecule has 0 bridgehead atoms. The summed E-state index contributed by atoms with van der Waals surface area (Å²) >= 11 is 0. The molecule has 5 heteroatoms. The molecule has 1 fully saturated rings. The summed E-state index contributed by atoms with van der Waals surface area (Å²) in [6, 6.07) is 7.92. The van der Waals surface area contributed by atoms with Crippen molar-refractivity contribution in [2.45, 2.75) is 0 Å². The van der Waals surface area contributed by atoms with Gasteiger partial charge in [0, 0.05) is 26.2 Å². The van der Waals surface area contributed by atoms with Gasteiger partial charge in [-0.15, -0.1) is 12.4 Å². The second-order valence-corrected chi connectivity index (χ2v) is 4.27. The van der Waals surface area contributed by atoms with Gasteiger partial charge >= 0.3 is 0 Å². The highest BCUT2D eigenvalue weighted by atomic mass is 35.5. The zero-order valence-corrected chi connectivity index (χ0v) is 11.7. The van der Waals surface area contributed by atoms with Gasteiger partial charge in [-0.05, 0) is 36.9 Å². The molecule has 1 aliphatic heterocycles. The summed E-state index contributed by atoms with van der Waals surface area (Å²) in [5, 5.41) is 6.60. The molecule has 1 saturated heterocycles. The molecule has 0 N–H and O–H groups in total. The van der Waals surface area contributed by atoms with Crippen molar-refractivity contribution in [2.75, 3.05) is 40.3 Å². The van der Waals surface area contributed by atoms with E-state index in [0.717, 1.165) is 37.5 Å². The van der Waals surface area contributed by atoms with Crippen LogP contribution >= 0.6 is 12.4 Å². The summed E-state index contributed by atoms with van der Waals surface area (Å²) in [5.41, 5.74) is 1.10. The van der Waals surface area contributed by atoms with Gasteiger partial charge in [0.25, 0.3) is 0 Å². The minimum Gasteiger partial charge on any atom is -0.497 e. The fourth-order valence-electron chi connectivity index (χ4n) is 1.75. The van der Waals surface area contributed by atoms with E-state index in [1.807, 2.05) is 30.5 Å². The third kappa shape index (κ3) is 4.20. The Balaban J connectivity index is 0.00000162. The van der Waals surface area contributed by atoms with Crippen LogP contribution in [0.3, 0.4) is 0 Å². The van der Waals surface area contributed by atoms with E-state index in [4.69, 9.17) is 4.74 Å². The van der Waals surface area contributed by atoms with Crippen molar-refractivity contribution in [3.05, 3.63) is 29.8 Å². The zero-order valence-electron chi connectivity index (χ0n) is 10.9. The van der Waals surface area contributed by atoms with Crippen molar-refractivity contribution >= 4 is 18.6 Å². The van der Waals surface area contributed by atoms with Crippen LogP contribution in [0.5, 0.6) is 5.75 Å². The summed E-state index contributed by atoms with van der Waals surface area (Å²) in [6.07, 6.45) is 1.91. The molecule has 1 aromatic carbocycles. The lowest BCUT2D eigenvalue weighted by molar-refractivity contribution is 0.159. The fraction of sp³-hybridized carbons (Fsp3) is 0.462. The van der Waals surface area contributed by atoms with Gasteiger partial charge in [-0.1, -0.05) is 0 Å². The van der Waals surface area contributed by atoms with Crippen molar-refractivity contribution < 1.29 is 4.74 Å². The molecule has 1 aromatic rings. The van der Waals surface area contributed by atoms with Crippen LogP contribution in [0, 0.1) is 0 Å².